The Hall–Kier alpha value is -0.660. The van der Waals surface area contributed by atoms with E-state index in [9.17, 15) is 8.78 Å². The molecule has 2 nitrogen and oxygen atoms in total. The van der Waals surface area contributed by atoms with Gasteiger partial charge in [0.05, 0.1) is 6.04 Å². The highest BCUT2D eigenvalue weighted by molar-refractivity contribution is 5.14. The summed E-state index contributed by atoms with van der Waals surface area (Å²) in [6.07, 6.45) is 4.51. The van der Waals surface area contributed by atoms with Gasteiger partial charge in [-0.1, -0.05) is 12.8 Å². The van der Waals surface area contributed by atoms with Crippen LogP contribution in [0, 0.1) is 12.3 Å². The number of rotatable bonds is 2. The van der Waals surface area contributed by atoms with Crippen molar-refractivity contribution in [1.29, 1.82) is 0 Å². The summed E-state index contributed by atoms with van der Waals surface area (Å²) in [5.74, 6) is -0.310. The highest BCUT2D eigenvalue weighted by Gasteiger charge is 2.65. The molecule has 2 aliphatic rings. The van der Waals surface area contributed by atoms with Crippen molar-refractivity contribution >= 4 is 0 Å². The first-order chi connectivity index (χ1) is 7.01. The second kappa shape index (κ2) is 3.43. The van der Waals surface area contributed by atoms with E-state index >= 15 is 0 Å². The maximum absolute atomic E-state index is 13.4. The maximum atomic E-state index is 13.4. The number of terminal acetylenes is 1. The third-order valence-corrected chi connectivity index (χ3v) is 3.30. The zero-order valence-electron chi connectivity index (χ0n) is 8.91. The lowest BCUT2D eigenvalue weighted by Gasteiger charge is -2.37. The van der Waals surface area contributed by atoms with Crippen LogP contribution in [0.4, 0.5) is 8.78 Å². The van der Waals surface area contributed by atoms with Crippen molar-refractivity contribution in [2.75, 3.05) is 0 Å². The summed E-state index contributed by atoms with van der Waals surface area (Å²) in [5, 5.41) is 0. The fraction of sp³-hybridized carbons (Fsp3) is 0.818. The van der Waals surface area contributed by atoms with E-state index in [1.165, 1.54) is 0 Å². The highest BCUT2D eigenvalue weighted by Crippen LogP contribution is 2.48. The van der Waals surface area contributed by atoms with Gasteiger partial charge in [-0.3, -0.25) is 4.90 Å². The lowest BCUT2D eigenvalue weighted by Crippen LogP contribution is -2.52. The van der Waals surface area contributed by atoms with Crippen molar-refractivity contribution in [2.24, 2.45) is 0 Å². The summed E-state index contributed by atoms with van der Waals surface area (Å²) in [4.78, 5) is 1.90. The average molecular weight is 215 g/mol. The molecule has 0 aromatic carbocycles. The molecule has 15 heavy (non-hydrogen) atoms. The van der Waals surface area contributed by atoms with E-state index in [0.717, 1.165) is 6.42 Å². The van der Waals surface area contributed by atoms with Gasteiger partial charge in [-0.05, 0) is 13.3 Å². The highest BCUT2D eigenvalue weighted by atomic mass is 19.3. The summed E-state index contributed by atoms with van der Waals surface area (Å²) in [6, 6.07) is -0.309. The molecule has 0 radical (unpaired) electrons. The van der Waals surface area contributed by atoms with Crippen LogP contribution in [0.1, 0.15) is 26.7 Å². The zero-order chi connectivity index (χ0) is 11.2. The molecule has 2 aliphatic heterocycles. The van der Waals surface area contributed by atoms with E-state index in [0.29, 0.717) is 0 Å². The molecule has 0 saturated carbocycles. The van der Waals surface area contributed by atoms with Crippen LogP contribution >= 0.6 is 0 Å². The molecule has 2 rings (SSSR count). The van der Waals surface area contributed by atoms with E-state index in [-0.39, 0.29) is 12.5 Å². The second-order valence-corrected chi connectivity index (χ2v) is 4.30. The van der Waals surface area contributed by atoms with Crippen LogP contribution in [0.2, 0.25) is 0 Å². The first kappa shape index (κ1) is 10.8. The first-order valence-electron chi connectivity index (χ1n) is 5.28. The predicted molar refractivity (Wildman–Crippen MR) is 52.4 cm³/mol. The van der Waals surface area contributed by atoms with Crippen molar-refractivity contribution in [1.82, 2.24) is 4.90 Å². The number of fused-ring (bicyclic) bond motifs is 1. The summed E-state index contributed by atoms with van der Waals surface area (Å²) in [6.45, 7) is 4.01. The van der Waals surface area contributed by atoms with Crippen LogP contribution in [0.5, 0.6) is 0 Å². The second-order valence-electron chi connectivity index (χ2n) is 4.30. The molecule has 4 unspecified atom stereocenters. The Balaban J connectivity index is 2.17. The maximum Gasteiger partial charge on any atom is 0.280 e. The third-order valence-electron chi connectivity index (χ3n) is 3.30. The lowest BCUT2D eigenvalue weighted by atomic mass is 9.96. The number of alkyl halides is 2. The molecular formula is C11H15F2NO. The van der Waals surface area contributed by atoms with Crippen LogP contribution in [0.15, 0.2) is 0 Å². The Morgan fingerprint density at radius 3 is 2.87 bits per heavy atom. The van der Waals surface area contributed by atoms with Crippen LogP contribution in [-0.2, 0) is 4.74 Å². The van der Waals surface area contributed by atoms with Crippen molar-refractivity contribution < 1.29 is 13.5 Å². The van der Waals surface area contributed by atoms with E-state index in [1.807, 2.05) is 18.7 Å². The van der Waals surface area contributed by atoms with Gasteiger partial charge < -0.3 is 4.74 Å². The smallest absolute Gasteiger partial charge is 0.280 e. The zero-order valence-corrected chi connectivity index (χ0v) is 8.91. The van der Waals surface area contributed by atoms with Crippen molar-refractivity contribution in [3.05, 3.63) is 0 Å². The van der Waals surface area contributed by atoms with Crippen LogP contribution in [0.25, 0.3) is 0 Å². The molecule has 84 valence electrons. The van der Waals surface area contributed by atoms with Gasteiger partial charge in [0.2, 0.25) is 0 Å². The summed E-state index contributed by atoms with van der Waals surface area (Å²) in [5.41, 5.74) is 0. The fourth-order valence-corrected chi connectivity index (χ4v) is 2.21. The van der Waals surface area contributed by atoms with Gasteiger partial charge in [-0.25, -0.2) is 8.78 Å². The number of piperidine rings is 1. The largest absolute Gasteiger partial charge is 0.346 e. The third kappa shape index (κ3) is 1.64. The van der Waals surface area contributed by atoms with Crippen molar-refractivity contribution in [3.8, 4) is 12.3 Å². The predicted octanol–water partition coefficient (Wildman–Crippen LogP) is 1.85. The van der Waals surface area contributed by atoms with E-state index in [1.54, 1.807) is 0 Å². The Morgan fingerprint density at radius 2 is 2.33 bits per heavy atom. The molecule has 0 spiro atoms. The van der Waals surface area contributed by atoms with Gasteiger partial charge >= 0.3 is 0 Å². The minimum Gasteiger partial charge on any atom is -0.346 e. The molecule has 0 N–H and O–H groups in total. The molecule has 0 aliphatic carbocycles. The SMILES string of the molecule is C#CC1CC(F)(F)C2OC2N1C(C)CC. The molecule has 0 amide bonds. The van der Waals surface area contributed by atoms with Gasteiger partial charge in [0.1, 0.15) is 6.23 Å². The van der Waals surface area contributed by atoms with Gasteiger partial charge in [0, 0.05) is 12.5 Å². The molecule has 2 heterocycles. The lowest BCUT2D eigenvalue weighted by molar-refractivity contribution is -0.0652. The molecule has 4 atom stereocenters. The first-order valence-corrected chi connectivity index (χ1v) is 5.28. The van der Waals surface area contributed by atoms with Gasteiger partial charge in [-0.2, -0.15) is 0 Å². The molecule has 4 heteroatoms. The number of halogens is 2. The number of hydrogen-bond donors (Lipinski definition) is 0. The quantitative estimate of drug-likeness (QED) is 0.516. The average Bonchev–Trinajstić information content (AvgIpc) is 2.96. The fourth-order valence-electron chi connectivity index (χ4n) is 2.21. The van der Waals surface area contributed by atoms with Crippen LogP contribution < -0.4 is 0 Å². The molecule has 0 bridgehead atoms. The minimum atomic E-state index is -2.76. The summed E-state index contributed by atoms with van der Waals surface area (Å²) < 4.78 is 31.8. The number of nitrogens with zero attached hydrogens (tertiary/aromatic N) is 1. The molecule has 0 aromatic heterocycles. The van der Waals surface area contributed by atoms with Crippen molar-refractivity contribution in [2.45, 2.75) is 57.0 Å². The normalized spacial score (nSPS) is 40.3. The number of ether oxygens (including phenoxy) is 1. The Bertz CT molecular complexity index is 299. The Labute approximate surface area is 88.6 Å². The molecule has 2 saturated heterocycles. The number of hydrogen-bond acceptors (Lipinski definition) is 2. The minimum absolute atomic E-state index is 0.192. The number of likely N-dealkylation sites (tertiary alicyclic amines) is 1. The van der Waals surface area contributed by atoms with Gasteiger partial charge in [0.15, 0.2) is 6.10 Å². The number of epoxide rings is 1. The van der Waals surface area contributed by atoms with Crippen molar-refractivity contribution in [3.63, 3.8) is 0 Å². The standard InChI is InChI=1S/C11H15F2NO/c1-4-7(3)14-8(5-2)6-11(12,13)9-10(14)15-9/h2,7-10H,4,6H2,1,3H3. The van der Waals surface area contributed by atoms with Gasteiger partial charge in [0.25, 0.3) is 5.92 Å². The van der Waals surface area contributed by atoms with Crippen LogP contribution in [0.3, 0.4) is 0 Å². The van der Waals surface area contributed by atoms with E-state index in [4.69, 9.17) is 11.2 Å². The summed E-state index contributed by atoms with van der Waals surface area (Å²) in [7, 11) is 0. The van der Waals surface area contributed by atoms with Crippen LogP contribution in [-0.4, -0.2) is 35.2 Å². The van der Waals surface area contributed by atoms with E-state index < -0.39 is 24.3 Å². The molecule has 0 aromatic rings. The summed E-state index contributed by atoms with van der Waals surface area (Å²) >= 11 is 0. The molecule has 2 fully saturated rings. The monoisotopic (exact) mass is 215 g/mol. The molecular weight excluding hydrogens is 200 g/mol. The topological polar surface area (TPSA) is 15.8 Å². The van der Waals surface area contributed by atoms with E-state index in [2.05, 4.69) is 5.92 Å². The van der Waals surface area contributed by atoms with Gasteiger partial charge in [-0.15, -0.1) is 6.42 Å². The Morgan fingerprint density at radius 1 is 1.67 bits per heavy atom. The Kier molecular flexibility index (Phi) is 2.48.